The number of hydrogen-bond acceptors (Lipinski definition) is 2. The van der Waals surface area contributed by atoms with Crippen LogP contribution in [0.5, 0.6) is 0 Å². The van der Waals surface area contributed by atoms with Crippen LogP contribution in [0.25, 0.3) is 0 Å². The number of aliphatic imine (C=N–C) groups is 1. The molecular formula is C15H21F2NO. The molecule has 0 spiro atoms. The molecule has 4 heteroatoms. The third-order valence-corrected chi connectivity index (χ3v) is 2.90. The molecule has 1 aliphatic rings. The Morgan fingerprint density at radius 1 is 1.53 bits per heavy atom. The van der Waals surface area contributed by atoms with Gasteiger partial charge in [0.25, 0.3) is 5.92 Å². The maximum Gasteiger partial charge on any atom is 0.278 e. The van der Waals surface area contributed by atoms with E-state index in [9.17, 15) is 8.78 Å². The first kappa shape index (κ1) is 15.6. The van der Waals surface area contributed by atoms with Gasteiger partial charge in [-0.15, -0.1) is 0 Å². The number of hydrogen-bond donors (Lipinski definition) is 0. The van der Waals surface area contributed by atoms with Gasteiger partial charge in [0.05, 0.1) is 0 Å². The fourth-order valence-corrected chi connectivity index (χ4v) is 1.78. The second kappa shape index (κ2) is 6.64. The van der Waals surface area contributed by atoms with Gasteiger partial charge in [0.15, 0.2) is 6.61 Å². The van der Waals surface area contributed by atoms with Crippen LogP contribution >= 0.6 is 0 Å². The molecule has 0 aromatic heterocycles. The number of nitrogens with zero attached hydrogens (tertiary/aromatic N) is 1. The highest BCUT2D eigenvalue weighted by atomic mass is 19.3. The minimum absolute atomic E-state index is 0.183. The van der Waals surface area contributed by atoms with E-state index in [2.05, 4.69) is 4.99 Å². The smallest absolute Gasteiger partial charge is 0.278 e. The molecule has 0 heterocycles. The molecule has 0 saturated heterocycles. The summed E-state index contributed by atoms with van der Waals surface area (Å²) in [6.07, 6.45) is 8.45. The van der Waals surface area contributed by atoms with Crippen molar-refractivity contribution < 1.29 is 13.5 Å². The first-order chi connectivity index (χ1) is 8.81. The van der Waals surface area contributed by atoms with Crippen LogP contribution < -0.4 is 0 Å². The Kier molecular flexibility index (Phi) is 5.45. The lowest BCUT2D eigenvalue weighted by atomic mass is 9.92. The van der Waals surface area contributed by atoms with Crippen LogP contribution in [0.15, 0.2) is 40.6 Å². The molecule has 1 rings (SSSR count). The van der Waals surface area contributed by atoms with Crippen molar-refractivity contribution in [1.29, 1.82) is 0 Å². The maximum atomic E-state index is 12.7. The maximum absolute atomic E-state index is 12.7. The molecule has 0 fully saturated rings. The molecule has 19 heavy (non-hydrogen) atoms. The molecule has 0 aromatic rings. The van der Waals surface area contributed by atoms with E-state index in [-0.39, 0.29) is 5.92 Å². The summed E-state index contributed by atoms with van der Waals surface area (Å²) in [5.41, 5.74) is 2.10. The van der Waals surface area contributed by atoms with Crippen molar-refractivity contribution in [2.24, 2.45) is 10.9 Å². The molecule has 1 atom stereocenters. The second-order valence-electron chi connectivity index (χ2n) is 4.93. The van der Waals surface area contributed by atoms with E-state index in [1.165, 1.54) is 0 Å². The lowest BCUT2D eigenvalue weighted by Gasteiger charge is -2.19. The monoisotopic (exact) mass is 269 g/mol. The number of alkyl halides is 2. The largest absolute Gasteiger partial charge is 0.488 e. The summed E-state index contributed by atoms with van der Waals surface area (Å²) in [7, 11) is 1.74. The van der Waals surface area contributed by atoms with Crippen molar-refractivity contribution in [3.63, 3.8) is 0 Å². The normalized spacial score (nSPS) is 21.4. The predicted octanol–water partition coefficient (Wildman–Crippen LogP) is 4.16. The van der Waals surface area contributed by atoms with Gasteiger partial charge in [-0.2, -0.15) is 0 Å². The molecule has 0 aliphatic heterocycles. The zero-order valence-electron chi connectivity index (χ0n) is 11.9. The van der Waals surface area contributed by atoms with Crippen molar-refractivity contribution in [3.05, 3.63) is 35.6 Å². The second-order valence-corrected chi connectivity index (χ2v) is 4.93. The van der Waals surface area contributed by atoms with E-state index in [4.69, 9.17) is 4.74 Å². The molecule has 2 nitrogen and oxygen atoms in total. The minimum Gasteiger partial charge on any atom is -0.488 e. The van der Waals surface area contributed by atoms with Crippen LogP contribution in [0, 0.1) is 5.92 Å². The van der Waals surface area contributed by atoms with Gasteiger partial charge in [-0.3, -0.25) is 4.99 Å². The van der Waals surface area contributed by atoms with Gasteiger partial charge in [-0.1, -0.05) is 11.6 Å². The summed E-state index contributed by atoms with van der Waals surface area (Å²) in [5, 5.41) is 0. The van der Waals surface area contributed by atoms with E-state index in [1.807, 2.05) is 32.1 Å². The molecule has 0 amide bonds. The van der Waals surface area contributed by atoms with Gasteiger partial charge in [0.2, 0.25) is 0 Å². The van der Waals surface area contributed by atoms with Crippen LogP contribution in [0.3, 0.4) is 0 Å². The molecular weight excluding hydrogens is 248 g/mol. The van der Waals surface area contributed by atoms with E-state index in [0.29, 0.717) is 5.76 Å². The number of ether oxygens (including phenoxy) is 1. The number of halogens is 2. The summed E-state index contributed by atoms with van der Waals surface area (Å²) in [4.78, 5) is 4.08. The summed E-state index contributed by atoms with van der Waals surface area (Å²) in [5.74, 6) is -2.11. The van der Waals surface area contributed by atoms with Crippen LogP contribution in [-0.2, 0) is 4.74 Å². The van der Waals surface area contributed by atoms with Gasteiger partial charge >= 0.3 is 0 Å². The van der Waals surface area contributed by atoms with Crippen LogP contribution in [0.4, 0.5) is 8.78 Å². The summed E-state index contributed by atoms with van der Waals surface area (Å²) in [6, 6.07) is 0. The van der Waals surface area contributed by atoms with Crippen molar-refractivity contribution in [1.82, 2.24) is 0 Å². The average molecular weight is 269 g/mol. The molecule has 106 valence electrons. The summed E-state index contributed by atoms with van der Waals surface area (Å²) >= 11 is 0. The third-order valence-electron chi connectivity index (χ3n) is 2.90. The topological polar surface area (TPSA) is 21.6 Å². The molecule has 0 aromatic carbocycles. The molecule has 0 N–H and O–H groups in total. The Morgan fingerprint density at radius 3 is 2.79 bits per heavy atom. The first-order valence-electron chi connectivity index (χ1n) is 6.32. The van der Waals surface area contributed by atoms with Crippen molar-refractivity contribution >= 4 is 5.71 Å². The van der Waals surface area contributed by atoms with E-state index in [0.717, 1.165) is 24.6 Å². The molecule has 0 radical (unpaired) electrons. The first-order valence-corrected chi connectivity index (χ1v) is 6.32. The van der Waals surface area contributed by atoms with Gasteiger partial charge < -0.3 is 4.74 Å². The van der Waals surface area contributed by atoms with E-state index < -0.39 is 12.5 Å². The van der Waals surface area contributed by atoms with E-state index in [1.54, 1.807) is 13.1 Å². The van der Waals surface area contributed by atoms with Crippen molar-refractivity contribution in [3.8, 4) is 0 Å². The van der Waals surface area contributed by atoms with Gasteiger partial charge in [0, 0.05) is 25.6 Å². The van der Waals surface area contributed by atoms with Crippen LogP contribution in [0.2, 0.25) is 0 Å². The fourth-order valence-electron chi connectivity index (χ4n) is 1.78. The zero-order chi connectivity index (χ0) is 14.5. The van der Waals surface area contributed by atoms with Gasteiger partial charge in [-0.05, 0) is 38.5 Å². The fraction of sp³-hybridized carbons (Fsp3) is 0.533. The molecule has 0 bridgehead atoms. The average Bonchev–Trinajstić information content (AvgIpc) is 2.35. The van der Waals surface area contributed by atoms with Gasteiger partial charge in [-0.25, -0.2) is 8.78 Å². The third kappa shape index (κ3) is 5.81. The highest BCUT2D eigenvalue weighted by Gasteiger charge is 2.23. The highest BCUT2D eigenvalue weighted by molar-refractivity contribution is 5.93. The summed E-state index contributed by atoms with van der Waals surface area (Å²) < 4.78 is 30.6. The Bertz CT molecular complexity index is 428. The number of rotatable bonds is 5. The standard InChI is InChI=1S/C15H21F2NO/c1-11(8-12(2)18-4)13-6-5-7-14(9-13)19-10-15(3,16)17/h5,7-9,13H,6,10H2,1-4H3/b11-8+,18-12-. The van der Waals surface area contributed by atoms with E-state index >= 15 is 0 Å². The highest BCUT2D eigenvalue weighted by Crippen LogP contribution is 2.25. The Balaban J connectivity index is 2.71. The zero-order valence-corrected chi connectivity index (χ0v) is 11.9. The lowest BCUT2D eigenvalue weighted by molar-refractivity contribution is -0.0420. The Hall–Kier alpha value is -1.45. The molecule has 0 saturated carbocycles. The quantitative estimate of drug-likeness (QED) is 0.687. The number of allylic oxidation sites excluding steroid dienone is 5. The molecule has 1 unspecified atom stereocenters. The lowest BCUT2D eigenvalue weighted by Crippen LogP contribution is -2.19. The predicted molar refractivity (Wildman–Crippen MR) is 74.7 cm³/mol. The van der Waals surface area contributed by atoms with Gasteiger partial charge in [0.1, 0.15) is 5.76 Å². The summed E-state index contributed by atoms with van der Waals surface area (Å²) in [6.45, 7) is 4.21. The van der Waals surface area contributed by atoms with Crippen LogP contribution in [-0.4, -0.2) is 25.3 Å². The van der Waals surface area contributed by atoms with Crippen molar-refractivity contribution in [2.45, 2.75) is 33.1 Å². The Morgan fingerprint density at radius 2 is 2.21 bits per heavy atom. The van der Waals surface area contributed by atoms with Crippen molar-refractivity contribution in [2.75, 3.05) is 13.7 Å². The Labute approximate surface area is 113 Å². The SMILES string of the molecule is C/N=C(C)\C=C(/C)C1C=C(OCC(C)(F)F)C=CC1. The minimum atomic E-state index is -2.81. The molecule has 1 aliphatic carbocycles. The van der Waals surface area contributed by atoms with Crippen LogP contribution in [0.1, 0.15) is 27.2 Å².